The van der Waals surface area contributed by atoms with Crippen LogP contribution in [0.2, 0.25) is 0 Å². The summed E-state index contributed by atoms with van der Waals surface area (Å²) in [5.74, 6) is 0.859. The van der Waals surface area contributed by atoms with E-state index in [1.807, 2.05) is 5.38 Å². The Kier molecular flexibility index (Phi) is 1.47. The number of thiophene rings is 1. The van der Waals surface area contributed by atoms with Gasteiger partial charge in [-0.3, -0.25) is 0 Å². The number of nitrogens with one attached hydrogen (secondary N) is 1. The minimum atomic E-state index is 0.859. The van der Waals surface area contributed by atoms with Gasteiger partial charge in [-0.15, -0.1) is 21.5 Å². The standard InChI is InChI=1S/C7H7N3S/c1-5-2-3-11-6(5)7-8-4-9-10-7/h2-4H,1H3,(H,8,9,10). The maximum absolute atomic E-state index is 3.92. The van der Waals surface area contributed by atoms with E-state index in [4.69, 9.17) is 0 Å². The van der Waals surface area contributed by atoms with Crippen molar-refractivity contribution in [2.75, 3.05) is 0 Å². The number of hydrogen-bond donors (Lipinski definition) is 1. The van der Waals surface area contributed by atoms with Gasteiger partial charge in [0.05, 0.1) is 4.88 Å². The van der Waals surface area contributed by atoms with Gasteiger partial charge in [0.1, 0.15) is 6.33 Å². The quantitative estimate of drug-likeness (QED) is 0.700. The Hall–Kier alpha value is -1.16. The number of aromatic amines is 1. The fourth-order valence-electron chi connectivity index (χ4n) is 0.932. The maximum atomic E-state index is 3.92. The molecule has 0 saturated heterocycles. The van der Waals surface area contributed by atoms with E-state index >= 15 is 0 Å². The van der Waals surface area contributed by atoms with Crippen LogP contribution in [-0.4, -0.2) is 15.2 Å². The van der Waals surface area contributed by atoms with Crippen molar-refractivity contribution in [2.24, 2.45) is 0 Å². The first-order valence-electron chi connectivity index (χ1n) is 3.28. The molecule has 0 fully saturated rings. The average Bonchev–Trinajstić information content (AvgIpc) is 2.55. The van der Waals surface area contributed by atoms with Gasteiger partial charge in [-0.05, 0) is 23.9 Å². The molecule has 0 amide bonds. The first-order chi connectivity index (χ1) is 5.38. The lowest BCUT2D eigenvalue weighted by molar-refractivity contribution is 1.10. The fraction of sp³-hybridized carbons (Fsp3) is 0.143. The lowest BCUT2D eigenvalue weighted by Crippen LogP contribution is -1.77. The van der Waals surface area contributed by atoms with Gasteiger partial charge >= 0.3 is 0 Å². The monoisotopic (exact) mass is 165 g/mol. The van der Waals surface area contributed by atoms with Crippen molar-refractivity contribution < 1.29 is 0 Å². The lowest BCUT2D eigenvalue weighted by atomic mass is 10.3. The van der Waals surface area contributed by atoms with E-state index in [9.17, 15) is 0 Å². The van der Waals surface area contributed by atoms with E-state index in [1.165, 1.54) is 10.4 Å². The van der Waals surface area contributed by atoms with E-state index < -0.39 is 0 Å². The highest BCUT2D eigenvalue weighted by Crippen LogP contribution is 2.24. The SMILES string of the molecule is Cc1ccsc1-c1nnc[nH]1. The van der Waals surface area contributed by atoms with Gasteiger partial charge in [-0.1, -0.05) is 0 Å². The van der Waals surface area contributed by atoms with E-state index in [-0.39, 0.29) is 0 Å². The van der Waals surface area contributed by atoms with Crippen LogP contribution < -0.4 is 0 Å². The number of hydrogen-bond acceptors (Lipinski definition) is 3. The van der Waals surface area contributed by atoms with Crippen LogP contribution in [0.5, 0.6) is 0 Å². The molecule has 0 aliphatic rings. The van der Waals surface area contributed by atoms with E-state index in [0.717, 1.165) is 5.82 Å². The Morgan fingerprint density at radius 3 is 3.00 bits per heavy atom. The lowest BCUT2D eigenvalue weighted by Gasteiger charge is -1.89. The molecular formula is C7H7N3S. The van der Waals surface area contributed by atoms with Gasteiger partial charge in [0.15, 0.2) is 5.82 Å². The van der Waals surface area contributed by atoms with Gasteiger partial charge in [0, 0.05) is 0 Å². The van der Waals surface area contributed by atoms with Gasteiger partial charge in [-0.25, -0.2) is 0 Å². The summed E-state index contributed by atoms with van der Waals surface area (Å²) >= 11 is 1.67. The van der Waals surface area contributed by atoms with Crippen LogP contribution in [-0.2, 0) is 0 Å². The predicted molar refractivity (Wildman–Crippen MR) is 44.4 cm³/mol. The van der Waals surface area contributed by atoms with Crippen molar-refractivity contribution >= 4 is 11.3 Å². The maximum Gasteiger partial charge on any atom is 0.171 e. The summed E-state index contributed by atoms with van der Waals surface area (Å²) in [6.45, 7) is 2.06. The van der Waals surface area contributed by atoms with Crippen molar-refractivity contribution in [3.63, 3.8) is 0 Å². The summed E-state index contributed by atoms with van der Waals surface area (Å²) in [4.78, 5) is 4.14. The van der Waals surface area contributed by atoms with Crippen molar-refractivity contribution in [1.82, 2.24) is 15.2 Å². The van der Waals surface area contributed by atoms with Crippen LogP contribution in [0.15, 0.2) is 17.8 Å². The number of rotatable bonds is 1. The average molecular weight is 165 g/mol. The third kappa shape index (κ3) is 1.05. The Labute approximate surface area is 68.1 Å². The zero-order valence-corrected chi connectivity index (χ0v) is 6.85. The second-order valence-electron chi connectivity index (χ2n) is 2.27. The first kappa shape index (κ1) is 6.54. The molecule has 0 radical (unpaired) electrons. The Morgan fingerprint density at radius 1 is 1.55 bits per heavy atom. The van der Waals surface area contributed by atoms with Crippen molar-refractivity contribution in [3.8, 4) is 10.7 Å². The fourth-order valence-corrected chi connectivity index (χ4v) is 1.81. The third-order valence-electron chi connectivity index (χ3n) is 1.49. The molecule has 2 aromatic heterocycles. The van der Waals surface area contributed by atoms with Crippen LogP contribution in [0.25, 0.3) is 10.7 Å². The second-order valence-corrected chi connectivity index (χ2v) is 3.19. The summed E-state index contributed by atoms with van der Waals surface area (Å²) in [5, 5.41) is 9.69. The molecule has 0 aliphatic heterocycles. The summed E-state index contributed by atoms with van der Waals surface area (Å²) in [7, 11) is 0. The van der Waals surface area contributed by atoms with Crippen molar-refractivity contribution in [2.45, 2.75) is 6.92 Å². The molecule has 1 N–H and O–H groups in total. The predicted octanol–water partition coefficient (Wildman–Crippen LogP) is 1.84. The highest BCUT2D eigenvalue weighted by molar-refractivity contribution is 7.13. The van der Waals surface area contributed by atoms with Crippen LogP contribution in [0.1, 0.15) is 5.56 Å². The Morgan fingerprint density at radius 2 is 2.45 bits per heavy atom. The first-order valence-corrected chi connectivity index (χ1v) is 4.16. The molecule has 56 valence electrons. The molecule has 2 heterocycles. The molecule has 0 bridgehead atoms. The Balaban J connectivity index is 2.53. The van der Waals surface area contributed by atoms with E-state index in [2.05, 4.69) is 28.2 Å². The largest absolute Gasteiger partial charge is 0.327 e. The summed E-state index contributed by atoms with van der Waals surface area (Å²) in [6.07, 6.45) is 1.59. The van der Waals surface area contributed by atoms with Gasteiger partial charge in [0.2, 0.25) is 0 Å². The normalized spacial score (nSPS) is 10.3. The zero-order valence-electron chi connectivity index (χ0n) is 6.03. The molecule has 2 aromatic rings. The number of nitrogens with zero attached hydrogens (tertiary/aromatic N) is 2. The Bertz CT molecular complexity index is 336. The number of aromatic nitrogens is 3. The second kappa shape index (κ2) is 2.47. The summed E-state index contributed by atoms with van der Waals surface area (Å²) in [6, 6.07) is 2.07. The van der Waals surface area contributed by atoms with Crippen LogP contribution >= 0.6 is 11.3 Å². The molecule has 0 unspecified atom stereocenters. The van der Waals surface area contributed by atoms with Crippen LogP contribution in [0.3, 0.4) is 0 Å². The molecule has 0 aromatic carbocycles. The minimum Gasteiger partial charge on any atom is -0.327 e. The highest BCUT2D eigenvalue weighted by Gasteiger charge is 2.04. The van der Waals surface area contributed by atoms with Gasteiger partial charge < -0.3 is 4.98 Å². The van der Waals surface area contributed by atoms with E-state index in [1.54, 1.807) is 17.7 Å². The molecule has 2 rings (SSSR count). The minimum absolute atomic E-state index is 0.859. The third-order valence-corrected chi connectivity index (χ3v) is 2.52. The van der Waals surface area contributed by atoms with Crippen LogP contribution in [0, 0.1) is 6.92 Å². The van der Waals surface area contributed by atoms with Gasteiger partial charge in [0.25, 0.3) is 0 Å². The molecule has 0 spiro atoms. The highest BCUT2D eigenvalue weighted by atomic mass is 32.1. The van der Waals surface area contributed by atoms with Crippen molar-refractivity contribution in [3.05, 3.63) is 23.3 Å². The molecule has 4 heteroatoms. The smallest absolute Gasteiger partial charge is 0.171 e. The topological polar surface area (TPSA) is 41.6 Å². The summed E-state index contributed by atoms with van der Waals surface area (Å²) < 4.78 is 0. The number of H-pyrrole nitrogens is 1. The van der Waals surface area contributed by atoms with Crippen molar-refractivity contribution in [1.29, 1.82) is 0 Å². The molecule has 11 heavy (non-hydrogen) atoms. The van der Waals surface area contributed by atoms with E-state index in [0.29, 0.717) is 0 Å². The summed E-state index contributed by atoms with van der Waals surface area (Å²) in [5.41, 5.74) is 1.24. The zero-order chi connectivity index (χ0) is 7.68. The molecule has 3 nitrogen and oxygen atoms in total. The van der Waals surface area contributed by atoms with Gasteiger partial charge in [-0.2, -0.15) is 0 Å². The molecular weight excluding hydrogens is 158 g/mol. The van der Waals surface area contributed by atoms with Crippen LogP contribution in [0.4, 0.5) is 0 Å². The molecule has 0 aliphatic carbocycles. The number of aryl methyl sites for hydroxylation is 1. The molecule has 0 atom stereocenters. The molecule has 0 saturated carbocycles.